The first-order valence-electron chi connectivity index (χ1n) is 9.51. The summed E-state index contributed by atoms with van der Waals surface area (Å²) in [5.74, 6) is 0.214. The third-order valence-electron chi connectivity index (χ3n) is 4.41. The summed E-state index contributed by atoms with van der Waals surface area (Å²) in [7, 11) is 3.58. The van der Waals surface area contributed by atoms with E-state index in [1.807, 2.05) is 0 Å². The molecule has 33 heavy (non-hydrogen) atoms. The molecule has 4 N–H and O–H groups in total. The van der Waals surface area contributed by atoms with Crippen LogP contribution in [-0.4, -0.2) is 48.6 Å². The molecule has 0 fully saturated rings. The molecule has 11 heteroatoms. The Bertz CT molecular complexity index is 1290. The fourth-order valence-corrected chi connectivity index (χ4v) is 4.78. The predicted octanol–water partition coefficient (Wildman–Crippen LogP) is 4.47. The van der Waals surface area contributed by atoms with Crippen LogP contribution in [0.25, 0.3) is 21.6 Å². The van der Waals surface area contributed by atoms with Gasteiger partial charge in [0.05, 0.1) is 21.9 Å². The molecule has 0 saturated carbocycles. The van der Waals surface area contributed by atoms with Gasteiger partial charge in [0.25, 0.3) is 0 Å². The van der Waals surface area contributed by atoms with E-state index in [9.17, 15) is 10.1 Å². The second-order valence-electron chi connectivity index (χ2n) is 7.11. The zero-order valence-corrected chi connectivity index (χ0v) is 20.0. The number of nitrogens with two attached hydrogens (primary N) is 1. The summed E-state index contributed by atoms with van der Waals surface area (Å²) in [5.41, 5.74) is 8.19. The molecule has 0 spiro atoms. The number of likely N-dealkylation sites (N-methyl/N-ethyl adjacent to an activating group) is 1. The van der Waals surface area contributed by atoms with Crippen molar-refractivity contribution in [3.8, 4) is 27.6 Å². The SMILES string of the molecule is CN(C)CC(=O)Nc1cc(-c2sc(C(N)=NC=N)c(-c3ccc(Cl)cc3Cl)c2C#N)ccn1. The Morgan fingerprint density at radius 3 is 2.76 bits per heavy atom. The molecule has 1 aromatic carbocycles. The van der Waals surface area contributed by atoms with E-state index in [0.29, 0.717) is 47.9 Å². The summed E-state index contributed by atoms with van der Waals surface area (Å²) < 4.78 is 0. The highest BCUT2D eigenvalue weighted by atomic mass is 35.5. The van der Waals surface area contributed by atoms with Crippen LogP contribution in [0.5, 0.6) is 0 Å². The molecule has 3 aromatic rings. The summed E-state index contributed by atoms with van der Waals surface area (Å²) in [6.45, 7) is 0.203. The van der Waals surface area contributed by atoms with Gasteiger partial charge in [-0.3, -0.25) is 10.2 Å². The highest BCUT2D eigenvalue weighted by Gasteiger charge is 2.24. The first-order chi connectivity index (χ1) is 15.7. The molecule has 2 aromatic heterocycles. The van der Waals surface area contributed by atoms with Crippen molar-refractivity contribution in [3.63, 3.8) is 0 Å². The van der Waals surface area contributed by atoms with Crippen molar-refractivity contribution >= 4 is 58.4 Å². The molecule has 3 rings (SSSR count). The van der Waals surface area contributed by atoms with Gasteiger partial charge in [-0.1, -0.05) is 29.3 Å². The number of nitriles is 1. The van der Waals surface area contributed by atoms with Gasteiger partial charge in [0.2, 0.25) is 5.91 Å². The van der Waals surface area contributed by atoms with Crippen LogP contribution >= 0.6 is 34.5 Å². The molecular formula is C22H19Cl2N7OS. The average Bonchev–Trinajstić information content (AvgIpc) is 3.13. The first kappa shape index (κ1) is 24.4. The highest BCUT2D eigenvalue weighted by Crippen LogP contribution is 2.44. The second-order valence-corrected chi connectivity index (χ2v) is 8.97. The fraction of sp³-hybridized carbons (Fsp3) is 0.136. The summed E-state index contributed by atoms with van der Waals surface area (Å²) in [4.78, 5) is 23.1. The van der Waals surface area contributed by atoms with Crippen LogP contribution in [-0.2, 0) is 4.79 Å². The molecule has 8 nitrogen and oxygen atoms in total. The maximum absolute atomic E-state index is 12.1. The Morgan fingerprint density at radius 2 is 2.12 bits per heavy atom. The van der Waals surface area contributed by atoms with Crippen molar-refractivity contribution in [2.45, 2.75) is 0 Å². The van der Waals surface area contributed by atoms with Crippen LogP contribution in [0.15, 0.2) is 41.5 Å². The molecular weight excluding hydrogens is 481 g/mol. The van der Waals surface area contributed by atoms with Crippen molar-refractivity contribution in [1.82, 2.24) is 9.88 Å². The first-order valence-corrected chi connectivity index (χ1v) is 11.1. The maximum Gasteiger partial charge on any atom is 0.239 e. The van der Waals surface area contributed by atoms with E-state index >= 15 is 0 Å². The molecule has 0 atom stereocenters. The Morgan fingerprint density at radius 1 is 1.36 bits per heavy atom. The van der Waals surface area contributed by atoms with Gasteiger partial charge in [0, 0.05) is 27.4 Å². The number of amidine groups is 1. The Kier molecular flexibility index (Phi) is 7.79. The van der Waals surface area contributed by atoms with Gasteiger partial charge in [0.15, 0.2) is 0 Å². The molecule has 168 valence electrons. The predicted molar refractivity (Wildman–Crippen MR) is 134 cm³/mol. The number of aliphatic imine (C=N–C) groups is 1. The third-order valence-corrected chi connectivity index (χ3v) is 6.22. The number of nitrogens with one attached hydrogen (secondary N) is 2. The maximum atomic E-state index is 12.1. The zero-order chi connectivity index (χ0) is 24.1. The van der Waals surface area contributed by atoms with E-state index in [-0.39, 0.29) is 18.3 Å². The number of carbonyl (C=O) groups is 1. The van der Waals surface area contributed by atoms with Crippen molar-refractivity contribution in [3.05, 3.63) is 57.0 Å². The quantitative estimate of drug-likeness (QED) is 0.326. The van der Waals surface area contributed by atoms with Gasteiger partial charge in [-0.2, -0.15) is 5.26 Å². The number of amides is 1. The lowest BCUT2D eigenvalue weighted by Gasteiger charge is -2.10. The lowest BCUT2D eigenvalue weighted by molar-refractivity contribution is -0.116. The minimum atomic E-state index is -0.215. The Hall–Kier alpha value is -3.29. The Balaban J connectivity index is 2.19. The summed E-state index contributed by atoms with van der Waals surface area (Å²) in [6.07, 6.45) is 2.38. The lowest BCUT2D eigenvalue weighted by atomic mass is 9.98. The molecule has 0 aliphatic rings. The molecule has 0 aliphatic carbocycles. The standard InChI is InChI=1S/C22H19Cl2N7OS/c1-31(2)10-18(32)30-17-7-12(5-6-28-17)20-15(9-25)19(21(33-20)22(27)29-11-26)14-4-3-13(23)8-16(14)24/h3-8,11H,10H2,1-2H3,(H3,26,27,29)(H,28,30,32). The number of halogens is 2. The topological polar surface area (TPSA) is 131 Å². The van der Waals surface area contributed by atoms with Gasteiger partial charge < -0.3 is 16.0 Å². The summed E-state index contributed by atoms with van der Waals surface area (Å²) in [5, 5.41) is 20.9. The fourth-order valence-electron chi connectivity index (χ4n) is 3.11. The number of pyridine rings is 1. The minimum Gasteiger partial charge on any atom is -0.382 e. The number of thiophene rings is 1. The van der Waals surface area contributed by atoms with Crippen molar-refractivity contribution in [1.29, 1.82) is 10.7 Å². The monoisotopic (exact) mass is 499 g/mol. The largest absolute Gasteiger partial charge is 0.382 e. The number of hydrogen-bond donors (Lipinski definition) is 3. The number of carbonyl (C=O) groups excluding carboxylic acids is 1. The van der Waals surface area contributed by atoms with Crippen LogP contribution in [0.3, 0.4) is 0 Å². The normalized spacial score (nSPS) is 11.3. The van der Waals surface area contributed by atoms with Crippen molar-refractivity contribution in [2.75, 3.05) is 26.0 Å². The number of hydrogen-bond acceptors (Lipinski definition) is 6. The molecule has 2 heterocycles. The van der Waals surface area contributed by atoms with Crippen LogP contribution in [0.2, 0.25) is 10.0 Å². The number of anilines is 1. The van der Waals surface area contributed by atoms with E-state index in [2.05, 4.69) is 21.4 Å². The van der Waals surface area contributed by atoms with E-state index in [0.717, 1.165) is 6.34 Å². The molecule has 0 aliphatic heterocycles. The van der Waals surface area contributed by atoms with Gasteiger partial charge in [0.1, 0.15) is 24.1 Å². The molecule has 0 unspecified atom stereocenters. The number of rotatable bonds is 7. The van der Waals surface area contributed by atoms with E-state index in [4.69, 9.17) is 34.3 Å². The Labute approximate surface area is 204 Å². The van der Waals surface area contributed by atoms with Crippen LogP contribution in [0.4, 0.5) is 5.82 Å². The average molecular weight is 500 g/mol. The van der Waals surface area contributed by atoms with Gasteiger partial charge in [-0.25, -0.2) is 9.98 Å². The molecule has 0 bridgehead atoms. The summed E-state index contributed by atoms with van der Waals surface area (Å²) >= 11 is 13.7. The van der Waals surface area contributed by atoms with E-state index in [1.165, 1.54) is 11.3 Å². The molecule has 0 saturated heterocycles. The van der Waals surface area contributed by atoms with Gasteiger partial charge in [-0.15, -0.1) is 11.3 Å². The smallest absolute Gasteiger partial charge is 0.239 e. The lowest BCUT2D eigenvalue weighted by Crippen LogP contribution is -2.27. The second kappa shape index (κ2) is 10.6. The zero-order valence-electron chi connectivity index (χ0n) is 17.7. The van der Waals surface area contributed by atoms with Crippen LogP contribution in [0, 0.1) is 16.7 Å². The van der Waals surface area contributed by atoms with Gasteiger partial charge >= 0.3 is 0 Å². The molecule has 1 amide bonds. The summed E-state index contributed by atoms with van der Waals surface area (Å²) in [6, 6.07) is 10.6. The highest BCUT2D eigenvalue weighted by molar-refractivity contribution is 7.18. The molecule has 0 radical (unpaired) electrons. The third kappa shape index (κ3) is 5.56. The number of benzene rings is 1. The van der Waals surface area contributed by atoms with Crippen LogP contribution < -0.4 is 11.1 Å². The van der Waals surface area contributed by atoms with Crippen molar-refractivity contribution in [2.24, 2.45) is 10.7 Å². The number of aromatic nitrogens is 1. The van der Waals surface area contributed by atoms with E-state index < -0.39 is 0 Å². The number of nitrogens with zero attached hydrogens (tertiary/aromatic N) is 4. The van der Waals surface area contributed by atoms with E-state index in [1.54, 1.807) is 55.5 Å². The minimum absolute atomic E-state index is 0.0762. The van der Waals surface area contributed by atoms with Crippen LogP contribution in [0.1, 0.15) is 10.4 Å². The van der Waals surface area contributed by atoms with Gasteiger partial charge in [-0.05, 0) is 43.9 Å². The van der Waals surface area contributed by atoms with Crippen molar-refractivity contribution < 1.29 is 4.79 Å².